The molecule has 0 unspecified atom stereocenters. The molecule has 32 heavy (non-hydrogen) atoms. The first-order valence-electron chi connectivity index (χ1n) is 10.6. The van der Waals surface area contributed by atoms with Crippen molar-refractivity contribution in [1.29, 1.82) is 0 Å². The Labute approximate surface area is 185 Å². The van der Waals surface area contributed by atoms with Crippen molar-refractivity contribution in [1.82, 2.24) is 34.7 Å². The fraction of sp³-hybridized carbons (Fsp3) is 0.476. The van der Waals surface area contributed by atoms with E-state index in [0.717, 1.165) is 24.6 Å². The molecule has 11 nitrogen and oxygen atoms in total. The highest BCUT2D eigenvalue weighted by Gasteiger charge is 2.18. The van der Waals surface area contributed by atoms with Gasteiger partial charge in [0.25, 0.3) is 0 Å². The van der Waals surface area contributed by atoms with E-state index in [1.807, 2.05) is 40.1 Å². The van der Waals surface area contributed by atoms with Crippen LogP contribution in [0.3, 0.4) is 0 Å². The van der Waals surface area contributed by atoms with E-state index in [1.165, 1.54) is 0 Å². The first-order valence-corrected chi connectivity index (χ1v) is 10.6. The molecule has 0 aliphatic rings. The van der Waals surface area contributed by atoms with Gasteiger partial charge in [-0.05, 0) is 52.2 Å². The molecule has 11 heteroatoms. The van der Waals surface area contributed by atoms with Gasteiger partial charge in [-0.3, -0.25) is 4.68 Å². The summed E-state index contributed by atoms with van der Waals surface area (Å²) in [5.74, 6) is 1.65. The highest BCUT2D eigenvalue weighted by atomic mass is 16.6. The van der Waals surface area contributed by atoms with E-state index in [0.29, 0.717) is 41.9 Å². The van der Waals surface area contributed by atoms with Crippen molar-refractivity contribution in [2.24, 2.45) is 7.05 Å². The molecule has 1 amide bonds. The number of ether oxygens (including phenoxy) is 1. The van der Waals surface area contributed by atoms with Crippen LogP contribution < -0.4 is 10.6 Å². The van der Waals surface area contributed by atoms with Crippen LogP contribution in [0, 0.1) is 0 Å². The normalized spacial score (nSPS) is 11.9. The molecule has 0 saturated carbocycles. The Morgan fingerprint density at radius 1 is 1.16 bits per heavy atom. The predicted molar refractivity (Wildman–Crippen MR) is 119 cm³/mol. The average Bonchev–Trinajstić information content (AvgIpc) is 3.43. The molecule has 0 radical (unpaired) electrons. The third-order valence-corrected chi connectivity index (χ3v) is 4.62. The quantitative estimate of drug-likeness (QED) is 0.400. The van der Waals surface area contributed by atoms with Gasteiger partial charge in [-0.15, -0.1) is 5.10 Å². The maximum absolute atomic E-state index is 11.7. The first-order chi connectivity index (χ1) is 15.3. The standard InChI is InChI=1S/C21H28N8O3/c1-21(2,3)32-20(30)23-11-7-5-6-10-22-19-25-16-14(13-28(4)26-16)18-24-17(27-29(18)19)15-9-8-12-31-15/h8-9,12-13H,5-7,10-11H2,1-4H3,(H,23,30)(H,22,25,26). The Hall–Kier alpha value is -3.63. The number of unbranched alkanes of at least 4 members (excludes halogenated alkanes) is 2. The number of alkyl carbamates (subject to hydrolysis) is 1. The first kappa shape index (κ1) is 21.6. The molecule has 0 aliphatic heterocycles. The smallest absolute Gasteiger partial charge is 0.407 e. The monoisotopic (exact) mass is 440 g/mol. The van der Waals surface area contributed by atoms with Gasteiger partial charge in [-0.25, -0.2) is 9.78 Å². The summed E-state index contributed by atoms with van der Waals surface area (Å²) in [5, 5.41) is 15.9. The number of rotatable bonds is 8. The fourth-order valence-corrected chi connectivity index (χ4v) is 3.25. The van der Waals surface area contributed by atoms with Crippen LogP contribution in [0.15, 0.2) is 29.0 Å². The van der Waals surface area contributed by atoms with Gasteiger partial charge >= 0.3 is 6.09 Å². The second-order valence-corrected chi connectivity index (χ2v) is 8.54. The molecule has 4 aromatic heterocycles. The molecule has 0 bridgehead atoms. The van der Waals surface area contributed by atoms with Crippen molar-refractivity contribution >= 4 is 28.7 Å². The van der Waals surface area contributed by atoms with Crippen molar-refractivity contribution in [2.45, 2.75) is 45.6 Å². The molecule has 0 saturated heterocycles. The number of aromatic nitrogens is 6. The van der Waals surface area contributed by atoms with E-state index >= 15 is 0 Å². The summed E-state index contributed by atoms with van der Waals surface area (Å²) in [6.07, 6.45) is 5.78. The van der Waals surface area contributed by atoms with Gasteiger partial charge in [0.2, 0.25) is 11.8 Å². The van der Waals surface area contributed by atoms with Crippen LogP contribution in [-0.4, -0.2) is 54.1 Å². The Kier molecular flexibility index (Phi) is 5.97. The number of carbonyl (C=O) groups excluding carboxylic acids is 1. The topological polar surface area (TPSA) is 124 Å². The highest BCUT2D eigenvalue weighted by Crippen LogP contribution is 2.23. The lowest BCUT2D eigenvalue weighted by Gasteiger charge is -2.19. The molecule has 4 rings (SSSR count). The van der Waals surface area contributed by atoms with Crippen LogP contribution in [0.2, 0.25) is 0 Å². The summed E-state index contributed by atoms with van der Waals surface area (Å²) in [5.41, 5.74) is 0.778. The summed E-state index contributed by atoms with van der Waals surface area (Å²) < 4.78 is 14.1. The molecule has 2 N–H and O–H groups in total. The number of nitrogens with zero attached hydrogens (tertiary/aromatic N) is 6. The number of hydrogen-bond acceptors (Lipinski definition) is 8. The van der Waals surface area contributed by atoms with Crippen LogP contribution >= 0.6 is 0 Å². The van der Waals surface area contributed by atoms with Gasteiger partial charge in [-0.2, -0.15) is 14.6 Å². The zero-order valence-electron chi connectivity index (χ0n) is 18.8. The van der Waals surface area contributed by atoms with Crippen molar-refractivity contribution in [3.05, 3.63) is 24.6 Å². The molecule has 170 valence electrons. The van der Waals surface area contributed by atoms with Crippen LogP contribution in [0.1, 0.15) is 40.0 Å². The summed E-state index contributed by atoms with van der Waals surface area (Å²) >= 11 is 0. The Morgan fingerprint density at radius 3 is 2.72 bits per heavy atom. The number of nitrogens with one attached hydrogen (secondary N) is 2. The minimum Gasteiger partial charge on any atom is -0.461 e. The van der Waals surface area contributed by atoms with Gasteiger partial charge in [0.15, 0.2) is 17.1 Å². The maximum atomic E-state index is 11.7. The lowest BCUT2D eigenvalue weighted by atomic mass is 10.2. The summed E-state index contributed by atoms with van der Waals surface area (Å²) in [7, 11) is 1.85. The summed E-state index contributed by atoms with van der Waals surface area (Å²) in [6.45, 7) is 6.81. The molecule has 4 heterocycles. The minimum atomic E-state index is -0.487. The van der Waals surface area contributed by atoms with Gasteiger partial charge in [0, 0.05) is 26.3 Å². The molecular weight excluding hydrogens is 412 g/mol. The number of fused-ring (bicyclic) bond motifs is 3. The van der Waals surface area contributed by atoms with Crippen molar-refractivity contribution in [2.75, 3.05) is 18.4 Å². The number of aryl methyl sites for hydroxylation is 1. The zero-order valence-corrected chi connectivity index (χ0v) is 18.8. The van der Waals surface area contributed by atoms with E-state index in [1.54, 1.807) is 21.5 Å². The molecular formula is C21H28N8O3. The van der Waals surface area contributed by atoms with Crippen molar-refractivity contribution in [3.63, 3.8) is 0 Å². The minimum absolute atomic E-state index is 0.385. The Morgan fingerprint density at radius 2 is 1.97 bits per heavy atom. The molecule has 4 aromatic rings. The predicted octanol–water partition coefficient (Wildman–Crippen LogP) is 3.38. The van der Waals surface area contributed by atoms with Gasteiger partial charge in [0.05, 0.1) is 11.6 Å². The lowest BCUT2D eigenvalue weighted by molar-refractivity contribution is 0.0527. The van der Waals surface area contributed by atoms with Gasteiger partial charge in [-0.1, -0.05) is 0 Å². The van der Waals surface area contributed by atoms with Crippen LogP contribution in [0.5, 0.6) is 0 Å². The number of hydrogen-bond donors (Lipinski definition) is 2. The van der Waals surface area contributed by atoms with Crippen molar-refractivity contribution in [3.8, 4) is 11.6 Å². The van der Waals surface area contributed by atoms with E-state index < -0.39 is 5.60 Å². The number of amides is 1. The summed E-state index contributed by atoms with van der Waals surface area (Å²) in [6, 6.07) is 3.62. The van der Waals surface area contributed by atoms with Crippen LogP contribution in [0.25, 0.3) is 28.3 Å². The van der Waals surface area contributed by atoms with E-state index in [9.17, 15) is 4.79 Å². The molecule has 0 fully saturated rings. The molecule has 0 spiro atoms. The van der Waals surface area contributed by atoms with E-state index in [-0.39, 0.29) is 6.09 Å². The molecule has 0 atom stereocenters. The second-order valence-electron chi connectivity index (χ2n) is 8.54. The van der Waals surface area contributed by atoms with Gasteiger partial charge in [0.1, 0.15) is 5.60 Å². The maximum Gasteiger partial charge on any atom is 0.407 e. The highest BCUT2D eigenvalue weighted by molar-refractivity contribution is 5.90. The number of anilines is 1. The third-order valence-electron chi connectivity index (χ3n) is 4.62. The van der Waals surface area contributed by atoms with Gasteiger partial charge < -0.3 is 19.8 Å². The third kappa shape index (κ3) is 4.98. The van der Waals surface area contributed by atoms with E-state index in [2.05, 4.69) is 30.8 Å². The second kappa shape index (κ2) is 8.85. The number of carbonyl (C=O) groups is 1. The Balaban J connectivity index is 1.37. The zero-order chi connectivity index (χ0) is 22.7. The van der Waals surface area contributed by atoms with Crippen LogP contribution in [-0.2, 0) is 11.8 Å². The lowest BCUT2D eigenvalue weighted by Crippen LogP contribution is -2.33. The average molecular weight is 441 g/mol. The number of furan rings is 1. The molecule has 0 aromatic carbocycles. The molecule has 0 aliphatic carbocycles. The van der Waals surface area contributed by atoms with Crippen LogP contribution in [0.4, 0.5) is 10.7 Å². The van der Waals surface area contributed by atoms with Crippen molar-refractivity contribution < 1.29 is 13.9 Å². The summed E-state index contributed by atoms with van der Waals surface area (Å²) in [4.78, 5) is 20.9. The SMILES string of the molecule is Cn1cc2c(nc(NCCCCCNC(=O)OC(C)(C)C)n3nc(-c4ccco4)nc23)n1. The fourth-order valence-electron chi connectivity index (χ4n) is 3.25. The van der Waals surface area contributed by atoms with E-state index in [4.69, 9.17) is 9.15 Å². The Bertz CT molecular complexity index is 1200. The largest absolute Gasteiger partial charge is 0.461 e.